The first kappa shape index (κ1) is 14.9. The Balaban J connectivity index is 1.79. The van der Waals surface area contributed by atoms with Crippen LogP contribution in [0.25, 0.3) is 17.0 Å². The highest BCUT2D eigenvalue weighted by atomic mass is 16.5. The van der Waals surface area contributed by atoms with Gasteiger partial charge in [0.1, 0.15) is 17.9 Å². The predicted octanol–water partition coefficient (Wildman–Crippen LogP) is 3.04. The van der Waals surface area contributed by atoms with Crippen molar-refractivity contribution in [1.29, 1.82) is 0 Å². The number of hydrogen-bond donors (Lipinski definition) is 0. The molecule has 24 heavy (non-hydrogen) atoms. The molecule has 6 heteroatoms. The second kappa shape index (κ2) is 6.11. The van der Waals surface area contributed by atoms with Gasteiger partial charge in [0.05, 0.1) is 12.8 Å². The summed E-state index contributed by atoms with van der Waals surface area (Å²) in [5, 5.41) is 4.36. The standard InChI is InChI=1S/C18H21N5O/c1-13-4-3-9-22(11-13)17-10-16(21-18-19-12-20-23(17)18)14-5-7-15(24-2)8-6-14/h5-8,10,12-13H,3-4,9,11H2,1-2H3/t13-/m0/s1. The third-order valence-electron chi connectivity index (χ3n) is 4.60. The van der Waals surface area contributed by atoms with E-state index in [0.717, 1.165) is 35.9 Å². The van der Waals surface area contributed by atoms with E-state index in [1.54, 1.807) is 13.4 Å². The normalized spacial score (nSPS) is 18.1. The first-order chi connectivity index (χ1) is 11.7. The quantitative estimate of drug-likeness (QED) is 0.741. The molecule has 0 aliphatic carbocycles. The molecule has 1 aromatic carbocycles. The second-order valence-electron chi connectivity index (χ2n) is 6.39. The Hall–Kier alpha value is -2.63. The van der Waals surface area contributed by atoms with Crippen LogP contribution in [0.3, 0.4) is 0 Å². The number of anilines is 1. The first-order valence-electron chi connectivity index (χ1n) is 8.35. The summed E-state index contributed by atoms with van der Waals surface area (Å²) >= 11 is 0. The summed E-state index contributed by atoms with van der Waals surface area (Å²) in [7, 11) is 1.67. The monoisotopic (exact) mass is 323 g/mol. The third-order valence-corrected chi connectivity index (χ3v) is 4.60. The number of fused-ring (bicyclic) bond motifs is 1. The van der Waals surface area contributed by atoms with Crippen LogP contribution >= 0.6 is 0 Å². The maximum Gasteiger partial charge on any atom is 0.254 e. The number of rotatable bonds is 3. The first-order valence-corrected chi connectivity index (χ1v) is 8.35. The molecule has 0 saturated carbocycles. The minimum absolute atomic E-state index is 0.636. The van der Waals surface area contributed by atoms with E-state index >= 15 is 0 Å². The average molecular weight is 323 g/mol. The van der Waals surface area contributed by atoms with Crippen LogP contribution < -0.4 is 9.64 Å². The fraction of sp³-hybridized carbons (Fsp3) is 0.389. The molecule has 0 amide bonds. The van der Waals surface area contributed by atoms with Crippen molar-refractivity contribution in [3.63, 3.8) is 0 Å². The van der Waals surface area contributed by atoms with Crippen molar-refractivity contribution >= 4 is 11.6 Å². The van der Waals surface area contributed by atoms with E-state index in [2.05, 4.69) is 33.0 Å². The zero-order valence-electron chi connectivity index (χ0n) is 14.0. The average Bonchev–Trinajstić information content (AvgIpc) is 3.09. The molecule has 1 atom stereocenters. The van der Waals surface area contributed by atoms with Crippen LogP contribution in [0.5, 0.6) is 5.75 Å². The van der Waals surface area contributed by atoms with E-state index in [1.807, 2.05) is 28.8 Å². The lowest BCUT2D eigenvalue weighted by Crippen LogP contribution is -2.35. The summed E-state index contributed by atoms with van der Waals surface area (Å²) in [5.41, 5.74) is 1.96. The topological polar surface area (TPSA) is 55.6 Å². The van der Waals surface area contributed by atoms with E-state index in [4.69, 9.17) is 4.74 Å². The van der Waals surface area contributed by atoms with E-state index in [9.17, 15) is 0 Å². The molecule has 1 fully saturated rings. The number of methoxy groups -OCH3 is 1. The van der Waals surface area contributed by atoms with E-state index in [0.29, 0.717) is 11.7 Å². The highest BCUT2D eigenvalue weighted by Crippen LogP contribution is 2.28. The minimum atomic E-state index is 0.636. The number of aromatic nitrogens is 4. The number of piperidine rings is 1. The fourth-order valence-electron chi connectivity index (χ4n) is 3.33. The molecule has 3 aromatic rings. The molecule has 1 saturated heterocycles. The smallest absolute Gasteiger partial charge is 0.254 e. The number of ether oxygens (including phenoxy) is 1. The Kier molecular flexibility index (Phi) is 3.80. The molecule has 0 N–H and O–H groups in total. The van der Waals surface area contributed by atoms with Gasteiger partial charge >= 0.3 is 0 Å². The molecule has 0 radical (unpaired) electrons. The van der Waals surface area contributed by atoms with Crippen LogP contribution in [-0.4, -0.2) is 39.8 Å². The van der Waals surface area contributed by atoms with E-state index in [1.165, 1.54) is 12.8 Å². The van der Waals surface area contributed by atoms with Gasteiger partial charge in [0.25, 0.3) is 5.78 Å². The van der Waals surface area contributed by atoms with Crippen molar-refractivity contribution in [3.8, 4) is 17.0 Å². The molecule has 0 bridgehead atoms. The number of nitrogens with zero attached hydrogens (tertiary/aromatic N) is 5. The van der Waals surface area contributed by atoms with Crippen molar-refractivity contribution in [2.24, 2.45) is 5.92 Å². The molecule has 0 unspecified atom stereocenters. The summed E-state index contributed by atoms with van der Waals surface area (Å²) in [4.78, 5) is 11.4. The zero-order chi connectivity index (χ0) is 16.5. The van der Waals surface area contributed by atoms with Gasteiger partial charge in [-0.25, -0.2) is 4.98 Å². The van der Waals surface area contributed by atoms with Gasteiger partial charge in [-0.2, -0.15) is 14.6 Å². The van der Waals surface area contributed by atoms with Gasteiger partial charge in [-0.1, -0.05) is 6.92 Å². The lowest BCUT2D eigenvalue weighted by atomic mass is 10.0. The van der Waals surface area contributed by atoms with Crippen LogP contribution in [-0.2, 0) is 0 Å². The van der Waals surface area contributed by atoms with Crippen molar-refractivity contribution < 1.29 is 4.74 Å². The van der Waals surface area contributed by atoms with Crippen molar-refractivity contribution in [2.75, 3.05) is 25.1 Å². The molecule has 124 valence electrons. The molecular formula is C18H21N5O. The highest BCUT2D eigenvalue weighted by molar-refractivity contribution is 5.66. The second-order valence-corrected chi connectivity index (χ2v) is 6.39. The van der Waals surface area contributed by atoms with Crippen molar-refractivity contribution in [2.45, 2.75) is 19.8 Å². The number of benzene rings is 1. The summed E-state index contributed by atoms with van der Waals surface area (Å²) in [5.74, 6) is 3.23. The Morgan fingerprint density at radius 2 is 2.04 bits per heavy atom. The maximum atomic E-state index is 5.24. The predicted molar refractivity (Wildman–Crippen MR) is 93.4 cm³/mol. The number of hydrogen-bond acceptors (Lipinski definition) is 5. The van der Waals surface area contributed by atoms with Gasteiger partial charge in [0.2, 0.25) is 0 Å². The summed E-state index contributed by atoms with van der Waals surface area (Å²) in [6.45, 7) is 4.39. The molecule has 4 rings (SSSR count). The van der Waals surface area contributed by atoms with Gasteiger partial charge in [0, 0.05) is 24.7 Å². The lowest BCUT2D eigenvalue weighted by molar-refractivity contribution is 0.415. The van der Waals surface area contributed by atoms with Gasteiger partial charge < -0.3 is 9.64 Å². The van der Waals surface area contributed by atoms with Crippen LogP contribution in [0, 0.1) is 5.92 Å². The summed E-state index contributed by atoms with van der Waals surface area (Å²) in [6, 6.07) is 10.1. The highest BCUT2D eigenvalue weighted by Gasteiger charge is 2.20. The lowest BCUT2D eigenvalue weighted by Gasteiger charge is -2.32. The molecule has 2 aromatic heterocycles. The van der Waals surface area contributed by atoms with Gasteiger partial charge in [-0.3, -0.25) is 0 Å². The van der Waals surface area contributed by atoms with Crippen LogP contribution in [0.1, 0.15) is 19.8 Å². The zero-order valence-corrected chi connectivity index (χ0v) is 14.0. The Morgan fingerprint density at radius 1 is 1.21 bits per heavy atom. The van der Waals surface area contributed by atoms with Gasteiger partial charge in [0.15, 0.2) is 0 Å². The minimum Gasteiger partial charge on any atom is -0.497 e. The molecule has 0 spiro atoms. The van der Waals surface area contributed by atoms with Gasteiger partial charge in [-0.05, 0) is 43.0 Å². The summed E-state index contributed by atoms with van der Waals surface area (Å²) < 4.78 is 7.08. The third kappa shape index (κ3) is 2.68. The molecule has 3 heterocycles. The molecule has 6 nitrogen and oxygen atoms in total. The summed E-state index contributed by atoms with van der Waals surface area (Å²) in [6.07, 6.45) is 4.06. The Labute approximate surface area is 141 Å². The largest absolute Gasteiger partial charge is 0.497 e. The molecule has 1 aliphatic rings. The SMILES string of the molecule is COc1ccc(-c2cc(N3CCC[C@H](C)C3)n3ncnc3n2)cc1. The van der Waals surface area contributed by atoms with Crippen LogP contribution in [0.15, 0.2) is 36.7 Å². The van der Waals surface area contributed by atoms with Gasteiger partial charge in [-0.15, -0.1) is 0 Å². The molecule has 1 aliphatic heterocycles. The Bertz CT molecular complexity index is 842. The van der Waals surface area contributed by atoms with Crippen molar-refractivity contribution in [1.82, 2.24) is 19.6 Å². The van der Waals surface area contributed by atoms with Crippen molar-refractivity contribution in [3.05, 3.63) is 36.7 Å². The maximum absolute atomic E-state index is 5.24. The van der Waals surface area contributed by atoms with Crippen LogP contribution in [0.2, 0.25) is 0 Å². The Morgan fingerprint density at radius 3 is 2.79 bits per heavy atom. The fourth-order valence-corrected chi connectivity index (χ4v) is 3.33. The van der Waals surface area contributed by atoms with E-state index in [-0.39, 0.29) is 0 Å². The van der Waals surface area contributed by atoms with Crippen LogP contribution in [0.4, 0.5) is 5.82 Å². The van der Waals surface area contributed by atoms with E-state index < -0.39 is 0 Å². The molecular weight excluding hydrogens is 302 g/mol.